The van der Waals surface area contributed by atoms with Gasteiger partial charge in [-0.15, -0.1) is 0 Å². The van der Waals surface area contributed by atoms with Crippen LogP contribution < -0.4 is 0 Å². The second kappa shape index (κ2) is 6.75. The fraction of sp³-hybridized carbons (Fsp3) is 0. The van der Waals surface area contributed by atoms with Crippen LogP contribution in [0.3, 0.4) is 0 Å². The molecule has 2 nitrogen and oxygen atoms in total. The first-order valence-corrected chi connectivity index (χ1v) is 8.63. The summed E-state index contributed by atoms with van der Waals surface area (Å²) in [6.45, 7) is 0. The number of aromatic nitrogens is 2. The second-order valence-corrected chi connectivity index (χ2v) is 6.57. The Labute approximate surface area is 156 Å². The summed E-state index contributed by atoms with van der Waals surface area (Å²) in [6.07, 6.45) is 0. The van der Waals surface area contributed by atoms with Crippen LogP contribution in [0.15, 0.2) is 78.9 Å². The van der Waals surface area contributed by atoms with Gasteiger partial charge in [0.25, 0.3) is 0 Å². The van der Waals surface area contributed by atoms with Crippen molar-refractivity contribution in [1.82, 2.24) is 9.97 Å². The third-order valence-electron chi connectivity index (χ3n) is 3.96. The standard InChI is InChI=1S/C21H14Cl2N2/c22-17-10-4-8-15(12-17)20-19(14-6-2-1-3-7-14)24-21(25-20)16-9-5-11-18(23)13-16/h1-13H,(H,24,25). The number of nitrogens with one attached hydrogen (secondary N) is 1. The zero-order valence-electron chi connectivity index (χ0n) is 13.2. The summed E-state index contributed by atoms with van der Waals surface area (Å²) >= 11 is 12.3. The number of nitrogens with zero attached hydrogens (tertiary/aromatic N) is 1. The van der Waals surface area contributed by atoms with Crippen LogP contribution >= 0.6 is 23.2 Å². The summed E-state index contributed by atoms with van der Waals surface area (Å²) < 4.78 is 0. The lowest BCUT2D eigenvalue weighted by Crippen LogP contribution is -1.83. The van der Waals surface area contributed by atoms with Gasteiger partial charge in [-0.25, -0.2) is 4.98 Å². The summed E-state index contributed by atoms with van der Waals surface area (Å²) in [5.41, 5.74) is 4.80. The molecular weight excluding hydrogens is 351 g/mol. The van der Waals surface area contributed by atoms with Crippen molar-refractivity contribution in [3.05, 3.63) is 88.9 Å². The molecule has 0 aliphatic carbocycles. The largest absolute Gasteiger partial charge is 0.337 e. The molecule has 1 N–H and O–H groups in total. The third-order valence-corrected chi connectivity index (χ3v) is 4.43. The molecule has 0 saturated carbocycles. The highest BCUT2D eigenvalue weighted by Crippen LogP contribution is 2.34. The van der Waals surface area contributed by atoms with Crippen molar-refractivity contribution in [1.29, 1.82) is 0 Å². The number of hydrogen-bond acceptors (Lipinski definition) is 1. The van der Waals surface area contributed by atoms with Gasteiger partial charge in [0.05, 0.1) is 11.4 Å². The van der Waals surface area contributed by atoms with Crippen molar-refractivity contribution in [2.75, 3.05) is 0 Å². The van der Waals surface area contributed by atoms with E-state index in [1.807, 2.05) is 66.7 Å². The molecule has 0 aliphatic heterocycles. The van der Waals surface area contributed by atoms with Gasteiger partial charge < -0.3 is 4.98 Å². The predicted molar refractivity (Wildman–Crippen MR) is 105 cm³/mol. The van der Waals surface area contributed by atoms with Crippen LogP contribution in [0.2, 0.25) is 10.0 Å². The lowest BCUT2D eigenvalue weighted by molar-refractivity contribution is 1.31. The minimum atomic E-state index is 0.680. The molecule has 0 aliphatic rings. The van der Waals surface area contributed by atoms with Crippen LogP contribution in [0.4, 0.5) is 0 Å². The summed E-state index contributed by atoms with van der Waals surface area (Å²) in [5.74, 6) is 0.774. The van der Waals surface area contributed by atoms with Crippen molar-refractivity contribution in [3.8, 4) is 33.9 Å². The van der Waals surface area contributed by atoms with Crippen molar-refractivity contribution in [2.24, 2.45) is 0 Å². The maximum absolute atomic E-state index is 6.18. The molecule has 25 heavy (non-hydrogen) atoms. The molecule has 0 saturated heterocycles. The molecular formula is C21H14Cl2N2. The number of benzene rings is 3. The molecule has 4 rings (SSSR count). The lowest BCUT2D eigenvalue weighted by atomic mass is 10.1. The zero-order valence-corrected chi connectivity index (χ0v) is 14.7. The Morgan fingerprint density at radius 3 is 1.92 bits per heavy atom. The molecule has 1 heterocycles. The molecule has 0 amide bonds. The smallest absolute Gasteiger partial charge is 0.138 e. The van der Waals surface area contributed by atoms with Gasteiger partial charge >= 0.3 is 0 Å². The Morgan fingerprint density at radius 2 is 1.24 bits per heavy atom. The van der Waals surface area contributed by atoms with Crippen molar-refractivity contribution in [2.45, 2.75) is 0 Å². The highest BCUT2D eigenvalue weighted by Gasteiger charge is 2.15. The van der Waals surface area contributed by atoms with Gasteiger partial charge in [0.2, 0.25) is 0 Å². The third kappa shape index (κ3) is 3.32. The first-order valence-electron chi connectivity index (χ1n) is 7.88. The van der Waals surface area contributed by atoms with E-state index in [2.05, 4.69) is 17.1 Å². The maximum Gasteiger partial charge on any atom is 0.138 e. The van der Waals surface area contributed by atoms with Gasteiger partial charge in [0, 0.05) is 26.7 Å². The van der Waals surface area contributed by atoms with Crippen LogP contribution in [0.1, 0.15) is 0 Å². The van der Waals surface area contributed by atoms with E-state index >= 15 is 0 Å². The SMILES string of the molecule is Clc1cccc(-c2nc(-c3cccc(Cl)c3)c(-c3ccccc3)[nH]2)c1. The topological polar surface area (TPSA) is 28.7 Å². The van der Waals surface area contributed by atoms with E-state index in [-0.39, 0.29) is 0 Å². The number of imidazole rings is 1. The van der Waals surface area contributed by atoms with Gasteiger partial charge in [-0.3, -0.25) is 0 Å². The first kappa shape index (κ1) is 15.9. The Bertz CT molecular complexity index is 1020. The van der Waals surface area contributed by atoms with Gasteiger partial charge in [-0.05, 0) is 24.3 Å². The Hall–Kier alpha value is -2.55. The number of hydrogen-bond donors (Lipinski definition) is 1. The fourth-order valence-electron chi connectivity index (χ4n) is 2.80. The number of aromatic amines is 1. The number of H-pyrrole nitrogens is 1. The average Bonchev–Trinajstić information content (AvgIpc) is 3.08. The lowest BCUT2D eigenvalue weighted by Gasteiger charge is -2.03. The first-order chi connectivity index (χ1) is 12.2. The average molecular weight is 365 g/mol. The van der Waals surface area contributed by atoms with Crippen LogP contribution in [0.5, 0.6) is 0 Å². The molecule has 0 fully saturated rings. The van der Waals surface area contributed by atoms with Crippen LogP contribution in [0.25, 0.3) is 33.9 Å². The minimum Gasteiger partial charge on any atom is -0.337 e. The molecule has 0 atom stereocenters. The molecule has 0 radical (unpaired) electrons. The van der Waals surface area contributed by atoms with E-state index in [9.17, 15) is 0 Å². The highest BCUT2D eigenvalue weighted by molar-refractivity contribution is 6.31. The molecule has 0 unspecified atom stereocenters. The van der Waals surface area contributed by atoms with E-state index in [0.29, 0.717) is 10.0 Å². The molecule has 1 aromatic heterocycles. The monoisotopic (exact) mass is 364 g/mol. The summed E-state index contributed by atoms with van der Waals surface area (Å²) in [7, 11) is 0. The summed E-state index contributed by atoms with van der Waals surface area (Å²) in [4.78, 5) is 8.28. The van der Waals surface area contributed by atoms with Gasteiger partial charge in [-0.1, -0.05) is 77.8 Å². The molecule has 3 aromatic carbocycles. The Morgan fingerprint density at radius 1 is 0.640 bits per heavy atom. The molecule has 122 valence electrons. The second-order valence-electron chi connectivity index (χ2n) is 5.70. The van der Waals surface area contributed by atoms with Gasteiger partial charge in [0.15, 0.2) is 0 Å². The predicted octanol–water partition coefficient (Wildman–Crippen LogP) is 6.72. The Kier molecular flexibility index (Phi) is 4.31. The zero-order chi connectivity index (χ0) is 17.2. The minimum absolute atomic E-state index is 0.680. The summed E-state index contributed by atoms with van der Waals surface area (Å²) in [6, 6.07) is 25.5. The van der Waals surface area contributed by atoms with Crippen LogP contribution in [-0.2, 0) is 0 Å². The van der Waals surface area contributed by atoms with Gasteiger partial charge in [0.1, 0.15) is 5.82 Å². The highest BCUT2D eigenvalue weighted by atomic mass is 35.5. The quantitative estimate of drug-likeness (QED) is 0.429. The van der Waals surface area contributed by atoms with E-state index in [4.69, 9.17) is 28.2 Å². The van der Waals surface area contributed by atoms with Gasteiger partial charge in [-0.2, -0.15) is 0 Å². The maximum atomic E-state index is 6.18. The number of halogens is 2. The van der Waals surface area contributed by atoms with Crippen molar-refractivity contribution in [3.63, 3.8) is 0 Å². The van der Waals surface area contributed by atoms with Crippen LogP contribution in [-0.4, -0.2) is 9.97 Å². The Balaban J connectivity index is 1.92. The van der Waals surface area contributed by atoms with E-state index in [1.54, 1.807) is 0 Å². The van der Waals surface area contributed by atoms with E-state index in [1.165, 1.54) is 0 Å². The van der Waals surface area contributed by atoms with Crippen molar-refractivity contribution >= 4 is 23.2 Å². The van der Waals surface area contributed by atoms with E-state index in [0.717, 1.165) is 33.9 Å². The molecule has 0 spiro atoms. The molecule has 0 bridgehead atoms. The molecule has 4 heteroatoms. The van der Waals surface area contributed by atoms with E-state index < -0.39 is 0 Å². The fourth-order valence-corrected chi connectivity index (χ4v) is 3.18. The number of rotatable bonds is 3. The van der Waals surface area contributed by atoms with Crippen LogP contribution in [0, 0.1) is 0 Å². The van der Waals surface area contributed by atoms with Crippen molar-refractivity contribution < 1.29 is 0 Å². The summed E-state index contributed by atoms with van der Waals surface area (Å²) in [5, 5.41) is 1.36. The normalized spacial score (nSPS) is 10.8. The molecule has 4 aromatic rings.